The summed E-state index contributed by atoms with van der Waals surface area (Å²) in [5, 5.41) is 20.4. The lowest BCUT2D eigenvalue weighted by Gasteiger charge is -2.28. The lowest BCUT2D eigenvalue weighted by molar-refractivity contribution is -0.870. The Hall–Kier alpha value is -2.30. The van der Waals surface area contributed by atoms with Gasteiger partial charge in [0.1, 0.15) is 19.8 Å². The first-order chi connectivity index (χ1) is 27.4. The van der Waals surface area contributed by atoms with Crippen LogP contribution in [0.5, 0.6) is 0 Å². The van der Waals surface area contributed by atoms with Crippen molar-refractivity contribution in [3.05, 3.63) is 73.1 Å². The number of hydrogen-bond donors (Lipinski definition) is 2. The van der Waals surface area contributed by atoms with E-state index in [4.69, 9.17) is 18.5 Å². The summed E-state index contributed by atoms with van der Waals surface area (Å²) in [4.78, 5) is 25.0. The van der Waals surface area contributed by atoms with E-state index >= 15 is 0 Å². The number of aliphatic hydroxyl groups is 2. The van der Waals surface area contributed by atoms with Crippen molar-refractivity contribution in [2.75, 3.05) is 47.5 Å². The highest BCUT2D eigenvalue weighted by Crippen LogP contribution is 2.38. The molecule has 0 aliphatic rings. The van der Waals surface area contributed by atoms with Crippen LogP contribution in [0.4, 0.5) is 0 Å². The van der Waals surface area contributed by atoms with E-state index in [0.29, 0.717) is 30.3 Å². The number of rotatable bonds is 39. The number of aliphatic hydroxyl groups excluding tert-OH is 2. The van der Waals surface area contributed by atoms with E-state index in [2.05, 4.69) is 32.1 Å². The Morgan fingerprint density at radius 1 is 0.667 bits per heavy atom. The molecule has 0 heterocycles. The predicted molar refractivity (Wildman–Crippen MR) is 233 cm³/mol. The van der Waals surface area contributed by atoms with Gasteiger partial charge in [-0.3, -0.25) is 9.36 Å². The molecule has 1 unspecified atom stereocenters. The molecule has 0 aromatic carbocycles. The molecular weight excluding hydrogens is 741 g/mol. The topological polar surface area (TPSA) is 135 Å². The van der Waals surface area contributed by atoms with E-state index in [-0.39, 0.29) is 19.6 Å². The van der Waals surface area contributed by atoms with Crippen molar-refractivity contribution in [1.82, 2.24) is 0 Å². The highest BCUT2D eigenvalue weighted by atomic mass is 31.2. The van der Waals surface area contributed by atoms with Crippen molar-refractivity contribution >= 4 is 13.8 Å². The Kier molecular flexibility index (Phi) is 36.4. The number of likely N-dealkylation sites (N-methyl/N-ethyl adjacent to an activating group) is 1. The predicted octanol–water partition coefficient (Wildman–Crippen LogP) is 10.4. The van der Waals surface area contributed by atoms with Gasteiger partial charge >= 0.3 is 5.97 Å². The number of carbonyl (C=O) groups excluding carboxylic acids is 1. The van der Waals surface area contributed by atoms with Gasteiger partial charge in [0.15, 0.2) is 6.10 Å². The highest BCUT2D eigenvalue weighted by Gasteiger charge is 2.20. The average molecular weight is 824 g/mol. The maximum Gasteiger partial charge on any atom is 0.306 e. The lowest BCUT2D eigenvalue weighted by atomic mass is 10.1. The first-order valence-corrected chi connectivity index (χ1v) is 23.4. The van der Waals surface area contributed by atoms with E-state index in [1.807, 2.05) is 33.3 Å². The van der Waals surface area contributed by atoms with Crippen molar-refractivity contribution < 1.29 is 47.5 Å². The van der Waals surface area contributed by atoms with Crippen molar-refractivity contribution in [1.29, 1.82) is 0 Å². The fourth-order valence-electron chi connectivity index (χ4n) is 5.46. The molecule has 0 aromatic rings. The highest BCUT2D eigenvalue weighted by molar-refractivity contribution is 7.45. The van der Waals surface area contributed by atoms with Gasteiger partial charge in [0, 0.05) is 6.42 Å². The summed E-state index contributed by atoms with van der Waals surface area (Å²) in [6, 6.07) is 0. The number of ether oxygens (including phenoxy) is 2. The van der Waals surface area contributed by atoms with Crippen molar-refractivity contribution in [3.63, 3.8) is 0 Å². The monoisotopic (exact) mass is 824 g/mol. The van der Waals surface area contributed by atoms with Gasteiger partial charge in [0.25, 0.3) is 7.82 Å². The molecule has 10 nitrogen and oxygen atoms in total. The largest absolute Gasteiger partial charge is 0.756 e. The number of esters is 1. The zero-order valence-corrected chi connectivity index (χ0v) is 37.4. The van der Waals surface area contributed by atoms with E-state index in [0.717, 1.165) is 32.1 Å². The Morgan fingerprint density at radius 2 is 1.19 bits per heavy atom. The van der Waals surface area contributed by atoms with E-state index in [1.165, 1.54) is 77.0 Å². The number of carbonyl (C=O) groups is 1. The first-order valence-electron chi connectivity index (χ1n) is 21.9. The van der Waals surface area contributed by atoms with Crippen LogP contribution in [-0.2, 0) is 27.9 Å². The molecule has 0 amide bonds. The minimum absolute atomic E-state index is 0.0324. The zero-order valence-electron chi connectivity index (χ0n) is 36.5. The van der Waals surface area contributed by atoms with Gasteiger partial charge < -0.3 is 38.1 Å². The molecule has 11 heteroatoms. The summed E-state index contributed by atoms with van der Waals surface area (Å²) < 4.78 is 34.1. The molecule has 0 bridgehead atoms. The van der Waals surface area contributed by atoms with Crippen LogP contribution in [0.15, 0.2) is 73.1 Å². The third kappa shape index (κ3) is 41.7. The summed E-state index contributed by atoms with van der Waals surface area (Å²) in [5.41, 5.74) is 0. The molecule has 4 atom stereocenters. The summed E-state index contributed by atoms with van der Waals surface area (Å²) in [5.74, 6) is -0.546. The molecule has 2 N–H and O–H groups in total. The van der Waals surface area contributed by atoms with Crippen LogP contribution in [-0.4, -0.2) is 86.5 Å². The smallest absolute Gasteiger partial charge is 0.306 e. The molecule has 0 aliphatic carbocycles. The molecule has 0 saturated heterocycles. The molecule has 0 spiro atoms. The molecule has 0 rings (SSSR count). The molecule has 57 heavy (non-hydrogen) atoms. The zero-order chi connectivity index (χ0) is 42.3. The quantitative estimate of drug-likeness (QED) is 0.0118. The fourth-order valence-corrected chi connectivity index (χ4v) is 6.19. The minimum Gasteiger partial charge on any atom is -0.756 e. The lowest BCUT2D eigenvalue weighted by Crippen LogP contribution is -2.37. The van der Waals surface area contributed by atoms with Crippen molar-refractivity contribution in [3.8, 4) is 0 Å². The van der Waals surface area contributed by atoms with Crippen molar-refractivity contribution in [2.24, 2.45) is 0 Å². The van der Waals surface area contributed by atoms with E-state index < -0.39 is 38.7 Å². The Bertz CT molecular complexity index is 1170. The van der Waals surface area contributed by atoms with Gasteiger partial charge in [0.2, 0.25) is 0 Å². The number of phosphoric acid groups is 1. The second-order valence-electron chi connectivity index (χ2n) is 15.8. The first kappa shape index (κ1) is 54.7. The second-order valence-corrected chi connectivity index (χ2v) is 17.2. The van der Waals surface area contributed by atoms with Crippen LogP contribution in [0.1, 0.15) is 149 Å². The van der Waals surface area contributed by atoms with Gasteiger partial charge in [-0.05, 0) is 76.7 Å². The molecule has 0 radical (unpaired) electrons. The molecule has 330 valence electrons. The summed E-state index contributed by atoms with van der Waals surface area (Å²) in [7, 11) is 1.15. The van der Waals surface area contributed by atoms with E-state index in [9.17, 15) is 24.5 Å². The summed E-state index contributed by atoms with van der Waals surface area (Å²) in [6.45, 7) is 4.35. The number of phosphoric ester groups is 1. The third-order valence-electron chi connectivity index (χ3n) is 8.98. The van der Waals surface area contributed by atoms with Gasteiger partial charge in [0.05, 0.1) is 46.2 Å². The van der Waals surface area contributed by atoms with Crippen LogP contribution in [0.3, 0.4) is 0 Å². The molecule has 0 aromatic heterocycles. The van der Waals surface area contributed by atoms with Gasteiger partial charge in [-0.25, -0.2) is 0 Å². The minimum atomic E-state index is -4.62. The van der Waals surface area contributed by atoms with Crippen LogP contribution < -0.4 is 4.89 Å². The SMILES string of the molecule is CCCCC/C=C\C[C@H](O)/C=C/C=C/C=C\[C@H](O)CCCC(=O)O[C@H](CO/C=C/CCCCCC/C=C\CCCCCCCC)COP(=O)([O-])OCC[N+](C)(C)C. The van der Waals surface area contributed by atoms with Gasteiger partial charge in [-0.15, -0.1) is 0 Å². The normalized spacial score (nSPS) is 15.5. The number of nitrogens with zero attached hydrogens (tertiary/aromatic N) is 1. The number of allylic oxidation sites excluding steroid dienone is 8. The van der Waals surface area contributed by atoms with Crippen molar-refractivity contribution in [2.45, 2.75) is 167 Å². The average Bonchev–Trinajstić information content (AvgIpc) is 3.15. The van der Waals surface area contributed by atoms with E-state index in [1.54, 1.807) is 42.7 Å². The van der Waals surface area contributed by atoms with Crippen LogP contribution in [0.25, 0.3) is 0 Å². The van der Waals surface area contributed by atoms with Crippen LogP contribution in [0.2, 0.25) is 0 Å². The molecule has 0 saturated carbocycles. The van der Waals surface area contributed by atoms with Crippen LogP contribution >= 0.6 is 7.82 Å². The maximum absolute atomic E-state index is 12.7. The Morgan fingerprint density at radius 3 is 1.81 bits per heavy atom. The molecule has 0 aliphatic heterocycles. The standard InChI is InChI=1S/C46H82NO9P/c1-6-8-10-12-14-15-16-17-18-19-20-21-22-23-27-31-39-53-41-45(42-55-57(51,52)54-40-38-47(3,4)5)56-46(50)37-32-36-44(49)35-30-26-25-29-34-43(48)33-28-24-13-11-9-7-2/h17-18,24-26,28-31,34-35,39,43-45,48-49H,6-16,19-23,27,32-33,36-38,40-42H2,1-5H3/b18-17-,26-25+,28-24-,34-29+,35-30-,39-31+/t43-,44-,45+/m0/s1. The third-order valence-corrected chi connectivity index (χ3v) is 9.95. The Labute approximate surface area is 348 Å². The summed E-state index contributed by atoms with van der Waals surface area (Å²) in [6.07, 6.45) is 42.1. The molecular formula is C46H82NO9P. The van der Waals surface area contributed by atoms with Crippen LogP contribution in [0, 0.1) is 0 Å². The van der Waals surface area contributed by atoms with Gasteiger partial charge in [-0.2, -0.15) is 0 Å². The molecule has 0 fully saturated rings. The van der Waals surface area contributed by atoms with Gasteiger partial charge in [-0.1, -0.05) is 132 Å². The number of unbranched alkanes of at least 4 members (excludes halogenated alkanes) is 14. The Balaban J connectivity index is 4.60. The second kappa shape index (κ2) is 37.9. The number of quaternary nitrogens is 1. The fraction of sp³-hybridized carbons (Fsp3) is 0.717. The number of hydrogen-bond acceptors (Lipinski definition) is 9. The summed E-state index contributed by atoms with van der Waals surface area (Å²) >= 11 is 0. The maximum atomic E-state index is 12.7.